The molecule has 0 aliphatic carbocycles. The standard InChI is InChI=1S/C13H8FNO4S/c14-9-2-1-3-10(7-9)20-12-6-8(13(16)17)4-5-11(12)15(18)19/h1-7H,(H,16,17). The van der Waals surface area contributed by atoms with Gasteiger partial charge < -0.3 is 5.11 Å². The van der Waals surface area contributed by atoms with Crippen molar-refractivity contribution in [1.82, 2.24) is 0 Å². The Hall–Kier alpha value is -2.41. The number of halogens is 1. The summed E-state index contributed by atoms with van der Waals surface area (Å²) < 4.78 is 13.1. The van der Waals surface area contributed by atoms with Crippen molar-refractivity contribution in [2.75, 3.05) is 0 Å². The summed E-state index contributed by atoms with van der Waals surface area (Å²) in [6.07, 6.45) is 0. The number of nitro groups is 1. The third-order valence-electron chi connectivity index (χ3n) is 2.43. The van der Waals surface area contributed by atoms with Gasteiger partial charge in [-0.25, -0.2) is 9.18 Å². The molecule has 0 atom stereocenters. The van der Waals surface area contributed by atoms with Crippen LogP contribution in [0.15, 0.2) is 52.3 Å². The summed E-state index contributed by atoms with van der Waals surface area (Å²) >= 11 is 0.943. The van der Waals surface area contributed by atoms with E-state index in [2.05, 4.69) is 0 Å². The summed E-state index contributed by atoms with van der Waals surface area (Å²) in [5, 5.41) is 19.8. The second-order valence-electron chi connectivity index (χ2n) is 3.80. The zero-order chi connectivity index (χ0) is 14.7. The van der Waals surface area contributed by atoms with E-state index in [1.807, 2.05) is 0 Å². The monoisotopic (exact) mass is 293 g/mol. The van der Waals surface area contributed by atoms with Crippen molar-refractivity contribution in [3.8, 4) is 0 Å². The van der Waals surface area contributed by atoms with Crippen molar-refractivity contribution in [1.29, 1.82) is 0 Å². The minimum atomic E-state index is -1.18. The second-order valence-corrected chi connectivity index (χ2v) is 4.92. The van der Waals surface area contributed by atoms with Gasteiger partial charge in [0.2, 0.25) is 0 Å². The fraction of sp³-hybridized carbons (Fsp3) is 0. The number of benzene rings is 2. The number of carbonyl (C=O) groups is 1. The van der Waals surface area contributed by atoms with Crippen LogP contribution in [0.2, 0.25) is 0 Å². The molecule has 2 aromatic carbocycles. The first-order valence-electron chi connectivity index (χ1n) is 5.42. The molecule has 0 heterocycles. The summed E-state index contributed by atoms with van der Waals surface area (Å²) in [7, 11) is 0. The molecule has 0 saturated carbocycles. The second kappa shape index (κ2) is 5.70. The Morgan fingerprint density at radius 1 is 1.25 bits per heavy atom. The van der Waals surface area contributed by atoms with E-state index >= 15 is 0 Å². The van der Waals surface area contributed by atoms with Gasteiger partial charge in [0.15, 0.2) is 0 Å². The number of rotatable bonds is 4. The van der Waals surface area contributed by atoms with E-state index < -0.39 is 16.7 Å². The number of carboxylic acid groups (broad SMARTS) is 1. The maximum absolute atomic E-state index is 13.1. The summed E-state index contributed by atoms with van der Waals surface area (Å²) in [6, 6.07) is 9.04. The molecule has 102 valence electrons. The molecule has 0 saturated heterocycles. The van der Waals surface area contributed by atoms with Crippen LogP contribution in [0.3, 0.4) is 0 Å². The molecule has 0 amide bonds. The van der Waals surface area contributed by atoms with Gasteiger partial charge in [-0.05, 0) is 30.3 Å². The lowest BCUT2D eigenvalue weighted by Gasteiger charge is -2.04. The van der Waals surface area contributed by atoms with Crippen LogP contribution in [0.5, 0.6) is 0 Å². The smallest absolute Gasteiger partial charge is 0.335 e. The Kier molecular flexibility index (Phi) is 3.99. The Morgan fingerprint density at radius 2 is 2.00 bits per heavy atom. The first-order valence-corrected chi connectivity index (χ1v) is 6.24. The van der Waals surface area contributed by atoms with E-state index in [1.165, 1.54) is 24.3 Å². The van der Waals surface area contributed by atoms with Gasteiger partial charge in [-0.3, -0.25) is 10.1 Å². The molecular formula is C13H8FNO4S. The van der Waals surface area contributed by atoms with Crippen LogP contribution in [0.25, 0.3) is 0 Å². The molecule has 0 fully saturated rings. The Labute approximate surface area is 117 Å². The van der Waals surface area contributed by atoms with Crippen molar-refractivity contribution in [2.45, 2.75) is 9.79 Å². The van der Waals surface area contributed by atoms with Gasteiger partial charge in [0, 0.05) is 11.0 Å². The number of carboxylic acids is 1. The number of nitro benzene ring substituents is 1. The molecule has 20 heavy (non-hydrogen) atoms. The fourth-order valence-corrected chi connectivity index (χ4v) is 2.54. The zero-order valence-electron chi connectivity index (χ0n) is 9.95. The molecule has 0 bridgehead atoms. The maximum Gasteiger partial charge on any atom is 0.335 e. The first-order chi connectivity index (χ1) is 9.47. The van der Waals surface area contributed by atoms with Crippen LogP contribution >= 0.6 is 11.8 Å². The molecule has 1 N–H and O–H groups in total. The first kappa shape index (κ1) is 14.0. The molecule has 0 aliphatic heterocycles. The van der Waals surface area contributed by atoms with Crippen molar-refractivity contribution >= 4 is 23.4 Å². The van der Waals surface area contributed by atoms with Gasteiger partial charge in [0.05, 0.1) is 15.4 Å². The van der Waals surface area contributed by atoms with E-state index in [0.717, 1.165) is 23.9 Å². The van der Waals surface area contributed by atoms with E-state index in [0.29, 0.717) is 4.90 Å². The van der Waals surface area contributed by atoms with Gasteiger partial charge in [-0.2, -0.15) is 0 Å². The third kappa shape index (κ3) is 3.12. The third-order valence-corrected chi connectivity index (χ3v) is 3.46. The lowest BCUT2D eigenvalue weighted by atomic mass is 10.2. The van der Waals surface area contributed by atoms with Gasteiger partial charge in [-0.15, -0.1) is 0 Å². The molecule has 5 nitrogen and oxygen atoms in total. The highest BCUT2D eigenvalue weighted by Crippen LogP contribution is 2.35. The van der Waals surface area contributed by atoms with Crippen molar-refractivity contribution in [3.05, 3.63) is 64.0 Å². The quantitative estimate of drug-likeness (QED) is 0.688. The average Bonchev–Trinajstić information content (AvgIpc) is 2.38. The van der Waals surface area contributed by atoms with Crippen molar-refractivity contribution in [2.24, 2.45) is 0 Å². The molecule has 2 aromatic rings. The molecule has 0 aliphatic rings. The maximum atomic E-state index is 13.1. The topological polar surface area (TPSA) is 80.4 Å². The zero-order valence-corrected chi connectivity index (χ0v) is 10.8. The minimum Gasteiger partial charge on any atom is -0.478 e. The Bertz CT molecular complexity index is 690. The molecular weight excluding hydrogens is 285 g/mol. The number of aromatic carboxylic acids is 1. The molecule has 0 radical (unpaired) electrons. The van der Waals surface area contributed by atoms with Crippen molar-refractivity contribution < 1.29 is 19.2 Å². The summed E-state index contributed by atoms with van der Waals surface area (Å²) in [6.45, 7) is 0. The van der Waals surface area contributed by atoms with E-state index in [4.69, 9.17) is 5.11 Å². The van der Waals surface area contributed by atoms with Gasteiger partial charge in [-0.1, -0.05) is 17.8 Å². The van der Waals surface area contributed by atoms with E-state index in [9.17, 15) is 19.3 Å². The van der Waals surface area contributed by atoms with Crippen LogP contribution in [-0.2, 0) is 0 Å². The molecule has 7 heteroatoms. The predicted octanol–water partition coefficient (Wildman–Crippen LogP) is 3.58. The van der Waals surface area contributed by atoms with Gasteiger partial charge >= 0.3 is 5.97 Å². The normalized spacial score (nSPS) is 10.2. The van der Waals surface area contributed by atoms with Crippen molar-refractivity contribution in [3.63, 3.8) is 0 Å². The average molecular weight is 293 g/mol. The highest BCUT2D eigenvalue weighted by Gasteiger charge is 2.17. The number of hydrogen-bond acceptors (Lipinski definition) is 4. The summed E-state index contributed by atoms with van der Waals surface area (Å²) in [4.78, 5) is 21.8. The van der Waals surface area contributed by atoms with Crippen LogP contribution in [-0.4, -0.2) is 16.0 Å². The number of nitrogens with zero attached hydrogens (tertiary/aromatic N) is 1. The molecule has 2 rings (SSSR count). The fourth-order valence-electron chi connectivity index (χ4n) is 1.54. The highest BCUT2D eigenvalue weighted by molar-refractivity contribution is 7.99. The van der Waals surface area contributed by atoms with E-state index in [-0.39, 0.29) is 16.1 Å². The van der Waals surface area contributed by atoms with Crippen LogP contribution < -0.4 is 0 Å². The summed E-state index contributed by atoms with van der Waals surface area (Å²) in [5.74, 6) is -1.65. The molecule has 0 aromatic heterocycles. The van der Waals surface area contributed by atoms with Crippen LogP contribution in [0.4, 0.5) is 10.1 Å². The van der Waals surface area contributed by atoms with Gasteiger partial charge in [0.1, 0.15) is 5.82 Å². The molecule has 0 unspecified atom stereocenters. The largest absolute Gasteiger partial charge is 0.478 e. The summed E-state index contributed by atoms with van der Waals surface area (Å²) in [5.41, 5.74) is -0.279. The van der Waals surface area contributed by atoms with E-state index in [1.54, 1.807) is 6.07 Å². The predicted molar refractivity (Wildman–Crippen MR) is 70.6 cm³/mol. The van der Waals surface area contributed by atoms with Crippen LogP contribution in [0, 0.1) is 15.9 Å². The lowest BCUT2D eigenvalue weighted by Crippen LogP contribution is -1.98. The SMILES string of the molecule is O=C(O)c1ccc([N+](=O)[O-])c(Sc2cccc(F)c2)c1. The highest BCUT2D eigenvalue weighted by atomic mass is 32.2. The number of hydrogen-bond donors (Lipinski definition) is 1. The molecule has 0 spiro atoms. The van der Waals surface area contributed by atoms with Gasteiger partial charge in [0.25, 0.3) is 5.69 Å². The Balaban J connectivity index is 2.44. The minimum absolute atomic E-state index is 0.0606. The lowest BCUT2D eigenvalue weighted by molar-refractivity contribution is -0.387. The Morgan fingerprint density at radius 3 is 2.60 bits per heavy atom. The van der Waals surface area contributed by atoms with Crippen LogP contribution in [0.1, 0.15) is 10.4 Å².